The van der Waals surface area contributed by atoms with E-state index in [4.69, 9.17) is 9.84 Å². The van der Waals surface area contributed by atoms with E-state index in [1.165, 1.54) is 0 Å². The van der Waals surface area contributed by atoms with Gasteiger partial charge >= 0.3 is 5.97 Å². The second kappa shape index (κ2) is 6.28. The first-order valence-electron chi connectivity index (χ1n) is 7.35. The van der Waals surface area contributed by atoms with E-state index in [1.54, 1.807) is 4.57 Å². The van der Waals surface area contributed by atoms with Gasteiger partial charge in [0.25, 0.3) is 0 Å². The first kappa shape index (κ1) is 14.1. The van der Waals surface area contributed by atoms with Gasteiger partial charge in [0.2, 0.25) is 0 Å². The number of aromatic nitrogens is 1. The van der Waals surface area contributed by atoms with Crippen LogP contribution in [0.25, 0.3) is 10.9 Å². The molecule has 0 radical (unpaired) electrons. The van der Waals surface area contributed by atoms with Crippen LogP contribution in [-0.4, -0.2) is 34.9 Å². The summed E-state index contributed by atoms with van der Waals surface area (Å²) in [5, 5.41) is 13.5. The highest BCUT2D eigenvalue weighted by Crippen LogP contribution is 2.21. The standard InChI is InChI=1S/C16H20N2O3/c19-16(20)11-18-10-12(14-5-1-2-6-15(14)18)8-17-9-13-4-3-7-21-13/h1-2,5-6,10,13,17H,3-4,7-9,11H2,(H,19,20). The van der Waals surface area contributed by atoms with E-state index in [2.05, 4.69) is 5.32 Å². The monoisotopic (exact) mass is 288 g/mol. The molecule has 1 aliphatic rings. The summed E-state index contributed by atoms with van der Waals surface area (Å²) in [5.41, 5.74) is 2.10. The first-order valence-corrected chi connectivity index (χ1v) is 7.35. The number of para-hydroxylation sites is 1. The maximum Gasteiger partial charge on any atom is 0.323 e. The average Bonchev–Trinajstić information content (AvgIpc) is 3.08. The molecule has 1 fully saturated rings. The second-order valence-electron chi connectivity index (χ2n) is 5.46. The SMILES string of the molecule is O=C(O)Cn1cc(CNCC2CCCO2)c2ccccc21. The number of carboxylic acid groups (broad SMARTS) is 1. The molecule has 2 heterocycles. The largest absolute Gasteiger partial charge is 0.480 e. The minimum Gasteiger partial charge on any atom is -0.480 e. The van der Waals surface area contributed by atoms with Crippen molar-refractivity contribution in [3.8, 4) is 0 Å². The van der Waals surface area contributed by atoms with Gasteiger partial charge in [-0.2, -0.15) is 0 Å². The van der Waals surface area contributed by atoms with Gasteiger partial charge in [-0.15, -0.1) is 0 Å². The lowest BCUT2D eigenvalue weighted by Crippen LogP contribution is -2.25. The summed E-state index contributed by atoms with van der Waals surface area (Å²) in [6.07, 6.45) is 4.51. The van der Waals surface area contributed by atoms with Gasteiger partial charge in [-0.1, -0.05) is 18.2 Å². The van der Waals surface area contributed by atoms with Crippen LogP contribution >= 0.6 is 0 Å². The molecule has 0 saturated carbocycles. The Morgan fingerprint density at radius 2 is 2.29 bits per heavy atom. The highest BCUT2D eigenvalue weighted by molar-refractivity contribution is 5.85. The number of hydrogen-bond donors (Lipinski definition) is 2. The van der Waals surface area contributed by atoms with E-state index in [1.807, 2.05) is 30.5 Å². The minimum absolute atomic E-state index is 0.00769. The number of benzene rings is 1. The van der Waals surface area contributed by atoms with Gasteiger partial charge in [-0.3, -0.25) is 4.79 Å². The minimum atomic E-state index is -0.824. The molecule has 1 aromatic heterocycles. The van der Waals surface area contributed by atoms with Crippen LogP contribution in [0.5, 0.6) is 0 Å². The molecule has 0 amide bonds. The number of nitrogens with one attached hydrogen (secondary N) is 1. The molecule has 1 aliphatic heterocycles. The molecule has 1 atom stereocenters. The Morgan fingerprint density at radius 1 is 1.43 bits per heavy atom. The number of fused-ring (bicyclic) bond motifs is 1. The Kier molecular flexibility index (Phi) is 4.22. The zero-order chi connectivity index (χ0) is 14.7. The van der Waals surface area contributed by atoms with Crippen molar-refractivity contribution in [1.29, 1.82) is 0 Å². The van der Waals surface area contributed by atoms with Crippen LogP contribution in [-0.2, 0) is 22.6 Å². The van der Waals surface area contributed by atoms with Gasteiger partial charge < -0.3 is 19.7 Å². The topological polar surface area (TPSA) is 63.5 Å². The van der Waals surface area contributed by atoms with Gasteiger partial charge in [-0.05, 0) is 24.5 Å². The number of aliphatic carboxylic acids is 1. The number of ether oxygens (including phenoxy) is 1. The fraction of sp³-hybridized carbons (Fsp3) is 0.438. The normalized spacial score (nSPS) is 18.4. The van der Waals surface area contributed by atoms with E-state index in [0.29, 0.717) is 6.10 Å². The predicted molar refractivity (Wildman–Crippen MR) is 80.3 cm³/mol. The van der Waals surface area contributed by atoms with Crippen molar-refractivity contribution in [3.05, 3.63) is 36.0 Å². The van der Waals surface area contributed by atoms with E-state index in [9.17, 15) is 4.79 Å². The number of carbonyl (C=O) groups is 1. The zero-order valence-corrected chi connectivity index (χ0v) is 11.9. The van der Waals surface area contributed by atoms with E-state index in [0.717, 1.165) is 49.0 Å². The molecule has 3 rings (SSSR count). The van der Waals surface area contributed by atoms with Crippen LogP contribution < -0.4 is 5.32 Å². The van der Waals surface area contributed by atoms with Gasteiger partial charge in [-0.25, -0.2) is 0 Å². The molecule has 21 heavy (non-hydrogen) atoms. The fourth-order valence-electron chi connectivity index (χ4n) is 2.91. The maximum atomic E-state index is 11.0. The Balaban J connectivity index is 1.73. The van der Waals surface area contributed by atoms with Crippen molar-refractivity contribution >= 4 is 16.9 Å². The Bertz CT molecular complexity index is 629. The summed E-state index contributed by atoms with van der Waals surface area (Å²) in [4.78, 5) is 11.0. The van der Waals surface area contributed by atoms with E-state index in [-0.39, 0.29) is 6.54 Å². The van der Waals surface area contributed by atoms with Crippen LogP contribution in [0.15, 0.2) is 30.5 Å². The van der Waals surface area contributed by atoms with Gasteiger partial charge in [0.1, 0.15) is 6.54 Å². The highest BCUT2D eigenvalue weighted by atomic mass is 16.5. The Hall–Kier alpha value is -1.85. The Morgan fingerprint density at radius 3 is 3.05 bits per heavy atom. The summed E-state index contributed by atoms with van der Waals surface area (Å²) >= 11 is 0. The summed E-state index contributed by atoms with van der Waals surface area (Å²) in [6.45, 7) is 2.43. The highest BCUT2D eigenvalue weighted by Gasteiger charge is 2.15. The van der Waals surface area contributed by atoms with Crippen molar-refractivity contribution in [3.63, 3.8) is 0 Å². The molecule has 0 spiro atoms. The number of hydrogen-bond acceptors (Lipinski definition) is 3. The average molecular weight is 288 g/mol. The quantitative estimate of drug-likeness (QED) is 0.853. The third kappa shape index (κ3) is 3.25. The lowest BCUT2D eigenvalue weighted by Gasteiger charge is -2.10. The van der Waals surface area contributed by atoms with E-state index < -0.39 is 5.97 Å². The van der Waals surface area contributed by atoms with Crippen molar-refractivity contribution in [2.24, 2.45) is 0 Å². The number of rotatable bonds is 6. The number of nitrogens with zero attached hydrogens (tertiary/aromatic N) is 1. The molecule has 1 aromatic carbocycles. The third-order valence-corrected chi connectivity index (χ3v) is 3.89. The zero-order valence-electron chi connectivity index (χ0n) is 11.9. The van der Waals surface area contributed by atoms with Crippen LogP contribution in [0, 0.1) is 0 Å². The molecule has 2 aromatic rings. The molecular weight excluding hydrogens is 268 g/mol. The summed E-state index contributed by atoms with van der Waals surface area (Å²) in [7, 11) is 0. The summed E-state index contributed by atoms with van der Waals surface area (Å²) in [6, 6.07) is 7.92. The van der Waals surface area contributed by atoms with Crippen molar-refractivity contribution < 1.29 is 14.6 Å². The molecule has 0 bridgehead atoms. The summed E-state index contributed by atoms with van der Waals surface area (Å²) in [5.74, 6) is -0.824. The number of carboxylic acids is 1. The molecular formula is C16H20N2O3. The fourth-order valence-corrected chi connectivity index (χ4v) is 2.91. The maximum absolute atomic E-state index is 11.0. The van der Waals surface area contributed by atoms with E-state index >= 15 is 0 Å². The molecule has 1 unspecified atom stereocenters. The molecule has 0 aliphatic carbocycles. The molecule has 5 heteroatoms. The van der Waals surface area contributed by atoms with Crippen LogP contribution in [0.3, 0.4) is 0 Å². The van der Waals surface area contributed by atoms with Crippen molar-refractivity contribution in [2.45, 2.75) is 32.0 Å². The lowest BCUT2D eigenvalue weighted by atomic mass is 10.1. The molecule has 1 saturated heterocycles. The van der Waals surface area contributed by atoms with Gasteiger partial charge in [0, 0.05) is 36.8 Å². The Labute approximate surface area is 123 Å². The smallest absolute Gasteiger partial charge is 0.323 e. The summed E-state index contributed by atoms with van der Waals surface area (Å²) < 4.78 is 7.38. The van der Waals surface area contributed by atoms with Crippen LogP contribution in [0.1, 0.15) is 18.4 Å². The van der Waals surface area contributed by atoms with Gasteiger partial charge in [0.05, 0.1) is 6.10 Å². The van der Waals surface area contributed by atoms with Crippen LogP contribution in [0.4, 0.5) is 0 Å². The van der Waals surface area contributed by atoms with Crippen LogP contribution in [0.2, 0.25) is 0 Å². The van der Waals surface area contributed by atoms with Crippen molar-refractivity contribution in [1.82, 2.24) is 9.88 Å². The molecule has 5 nitrogen and oxygen atoms in total. The first-order chi connectivity index (χ1) is 10.2. The molecule has 2 N–H and O–H groups in total. The molecule has 112 valence electrons. The van der Waals surface area contributed by atoms with Gasteiger partial charge in [0.15, 0.2) is 0 Å². The second-order valence-corrected chi connectivity index (χ2v) is 5.46. The predicted octanol–water partition coefficient (Wildman–Crippen LogP) is 1.99. The van der Waals surface area contributed by atoms with Crippen molar-refractivity contribution in [2.75, 3.05) is 13.2 Å². The lowest BCUT2D eigenvalue weighted by molar-refractivity contribution is -0.137. The third-order valence-electron chi connectivity index (χ3n) is 3.89.